The van der Waals surface area contributed by atoms with E-state index in [1.807, 2.05) is 11.5 Å². The first-order valence-corrected chi connectivity index (χ1v) is 13.5. The first kappa shape index (κ1) is 27.3. The van der Waals surface area contributed by atoms with Gasteiger partial charge in [0.1, 0.15) is 11.6 Å². The minimum atomic E-state index is -0.346. The molecule has 0 aliphatic rings. The van der Waals surface area contributed by atoms with E-state index in [0.29, 0.717) is 58.0 Å². The second-order valence-electron chi connectivity index (χ2n) is 7.13. The zero-order valence-electron chi connectivity index (χ0n) is 19.3. The van der Waals surface area contributed by atoms with Gasteiger partial charge in [-0.25, -0.2) is 4.98 Å². The van der Waals surface area contributed by atoms with Crippen LogP contribution in [0.4, 0.5) is 5.13 Å². The summed E-state index contributed by atoms with van der Waals surface area (Å²) in [5.74, 6) is 1.00. The van der Waals surface area contributed by atoms with E-state index >= 15 is 0 Å². The van der Waals surface area contributed by atoms with Gasteiger partial charge in [0.2, 0.25) is 5.91 Å². The number of thioether (sulfide) groups is 1. The number of carbonyl (C=O) groups excluding carboxylic acids is 2. The standard InChI is InChI=1S/C22H25Cl2N5O4S2/c1-3-29-18(6-5-9-33-17-8-7-14(23)10-16(17)24)27-28-22(29)35-13-19(30)26-21-25-15(12-34-21)11-20(31)32-4-2/h7-8,10,12H,3-6,9,11,13H2,1-2H3,(H,25,26,30). The Morgan fingerprint density at radius 1 is 1.23 bits per heavy atom. The molecule has 0 spiro atoms. The minimum Gasteiger partial charge on any atom is -0.492 e. The Balaban J connectivity index is 1.45. The first-order chi connectivity index (χ1) is 16.9. The van der Waals surface area contributed by atoms with Crippen molar-refractivity contribution in [1.29, 1.82) is 0 Å². The van der Waals surface area contributed by atoms with E-state index in [1.54, 1.807) is 30.5 Å². The molecule has 0 bridgehead atoms. The van der Waals surface area contributed by atoms with E-state index in [0.717, 1.165) is 12.2 Å². The predicted octanol–water partition coefficient (Wildman–Crippen LogP) is 4.91. The normalized spacial score (nSPS) is 10.9. The number of thiazole rings is 1. The van der Waals surface area contributed by atoms with Crippen LogP contribution in [-0.2, 0) is 33.7 Å². The smallest absolute Gasteiger partial charge is 0.311 e. The van der Waals surface area contributed by atoms with E-state index in [9.17, 15) is 9.59 Å². The van der Waals surface area contributed by atoms with Crippen molar-refractivity contribution in [3.8, 4) is 5.75 Å². The fourth-order valence-corrected chi connectivity index (χ4v) is 5.03. The molecule has 9 nitrogen and oxygen atoms in total. The van der Waals surface area contributed by atoms with Crippen LogP contribution in [0.15, 0.2) is 28.7 Å². The molecular formula is C22H25Cl2N5O4S2. The summed E-state index contributed by atoms with van der Waals surface area (Å²) in [6, 6.07) is 5.11. The molecule has 0 aliphatic heterocycles. The zero-order valence-corrected chi connectivity index (χ0v) is 22.4. The number of anilines is 1. The monoisotopic (exact) mass is 557 g/mol. The lowest BCUT2D eigenvalue weighted by atomic mass is 10.3. The molecule has 188 valence electrons. The lowest BCUT2D eigenvalue weighted by molar-refractivity contribution is -0.142. The van der Waals surface area contributed by atoms with Crippen LogP contribution in [0.5, 0.6) is 5.75 Å². The van der Waals surface area contributed by atoms with Crippen molar-refractivity contribution in [3.05, 3.63) is 45.1 Å². The molecule has 0 aliphatic carbocycles. The third-order valence-corrected chi connectivity index (χ3v) is 6.87. The second kappa shape index (κ2) is 13.7. The topological polar surface area (TPSA) is 108 Å². The van der Waals surface area contributed by atoms with Crippen LogP contribution in [0.25, 0.3) is 0 Å². The van der Waals surface area contributed by atoms with E-state index in [1.165, 1.54) is 23.1 Å². The fraction of sp³-hybridized carbons (Fsp3) is 0.409. The van der Waals surface area contributed by atoms with Crippen LogP contribution in [0, 0.1) is 0 Å². The Hall–Kier alpha value is -2.34. The fourth-order valence-electron chi connectivity index (χ4n) is 3.02. The van der Waals surface area contributed by atoms with Crippen molar-refractivity contribution < 1.29 is 19.1 Å². The number of ether oxygens (including phenoxy) is 2. The van der Waals surface area contributed by atoms with Crippen LogP contribution >= 0.6 is 46.3 Å². The highest BCUT2D eigenvalue weighted by Gasteiger charge is 2.15. The number of amides is 1. The van der Waals surface area contributed by atoms with E-state index in [-0.39, 0.29) is 24.1 Å². The van der Waals surface area contributed by atoms with Crippen LogP contribution < -0.4 is 10.1 Å². The molecule has 0 saturated carbocycles. The number of esters is 1. The molecule has 0 fully saturated rings. The number of nitrogens with one attached hydrogen (secondary N) is 1. The average molecular weight is 559 g/mol. The van der Waals surface area contributed by atoms with Gasteiger partial charge >= 0.3 is 5.97 Å². The second-order valence-corrected chi connectivity index (χ2v) is 9.78. The molecule has 2 heterocycles. The van der Waals surface area contributed by atoms with Gasteiger partial charge in [-0.2, -0.15) is 0 Å². The van der Waals surface area contributed by atoms with Crippen molar-refractivity contribution in [2.24, 2.45) is 0 Å². The molecule has 3 aromatic rings. The Kier molecular flexibility index (Phi) is 10.6. The lowest BCUT2D eigenvalue weighted by Gasteiger charge is -2.09. The molecule has 0 unspecified atom stereocenters. The number of aryl methyl sites for hydroxylation is 1. The zero-order chi connectivity index (χ0) is 25.2. The van der Waals surface area contributed by atoms with Crippen LogP contribution in [0.3, 0.4) is 0 Å². The number of benzene rings is 1. The summed E-state index contributed by atoms with van der Waals surface area (Å²) in [5.41, 5.74) is 0.564. The third kappa shape index (κ3) is 8.38. The molecule has 13 heteroatoms. The van der Waals surface area contributed by atoms with Crippen molar-refractivity contribution in [2.45, 2.75) is 44.8 Å². The van der Waals surface area contributed by atoms with Crippen LogP contribution in [-0.4, -0.2) is 50.6 Å². The van der Waals surface area contributed by atoms with Gasteiger partial charge in [-0.05, 0) is 38.5 Å². The molecule has 1 aromatic carbocycles. The van der Waals surface area contributed by atoms with Gasteiger partial charge in [0, 0.05) is 23.4 Å². The minimum absolute atomic E-state index is 0.0785. The Bertz CT molecular complexity index is 1150. The van der Waals surface area contributed by atoms with Gasteiger partial charge in [0.15, 0.2) is 10.3 Å². The highest BCUT2D eigenvalue weighted by molar-refractivity contribution is 7.99. The summed E-state index contributed by atoms with van der Waals surface area (Å²) in [6.07, 6.45) is 1.47. The molecule has 35 heavy (non-hydrogen) atoms. The molecule has 2 aromatic heterocycles. The Morgan fingerprint density at radius 2 is 2.06 bits per heavy atom. The van der Waals surface area contributed by atoms with Crippen molar-refractivity contribution in [3.63, 3.8) is 0 Å². The van der Waals surface area contributed by atoms with Gasteiger partial charge in [-0.15, -0.1) is 21.5 Å². The summed E-state index contributed by atoms with van der Waals surface area (Å²) in [4.78, 5) is 28.2. The highest BCUT2D eigenvalue weighted by Crippen LogP contribution is 2.27. The van der Waals surface area contributed by atoms with E-state index in [4.69, 9.17) is 32.7 Å². The Morgan fingerprint density at radius 3 is 2.80 bits per heavy atom. The predicted molar refractivity (Wildman–Crippen MR) is 138 cm³/mol. The van der Waals surface area contributed by atoms with Crippen molar-refractivity contribution in [1.82, 2.24) is 19.7 Å². The largest absolute Gasteiger partial charge is 0.492 e. The van der Waals surface area contributed by atoms with Gasteiger partial charge in [-0.3, -0.25) is 9.59 Å². The Labute approximate surface area is 221 Å². The molecule has 1 N–H and O–H groups in total. The number of rotatable bonds is 13. The lowest BCUT2D eigenvalue weighted by Crippen LogP contribution is -2.15. The maximum Gasteiger partial charge on any atom is 0.311 e. The summed E-state index contributed by atoms with van der Waals surface area (Å²) in [7, 11) is 0. The van der Waals surface area contributed by atoms with Crippen molar-refractivity contribution in [2.75, 3.05) is 24.3 Å². The number of aromatic nitrogens is 4. The maximum atomic E-state index is 12.4. The summed E-state index contributed by atoms with van der Waals surface area (Å²) >= 11 is 14.6. The molecule has 0 atom stereocenters. The summed E-state index contributed by atoms with van der Waals surface area (Å²) < 4.78 is 12.6. The summed E-state index contributed by atoms with van der Waals surface area (Å²) in [6.45, 7) is 5.22. The number of hydrogen-bond acceptors (Lipinski definition) is 9. The molecule has 1 amide bonds. The average Bonchev–Trinajstić information content (AvgIpc) is 3.42. The van der Waals surface area contributed by atoms with E-state index in [2.05, 4.69) is 20.5 Å². The summed E-state index contributed by atoms with van der Waals surface area (Å²) in [5, 5.41) is 15.1. The van der Waals surface area contributed by atoms with Crippen LogP contribution in [0.2, 0.25) is 10.0 Å². The third-order valence-electron chi connectivity index (χ3n) is 4.57. The van der Waals surface area contributed by atoms with E-state index < -0.39 is 0 Å². The number of carbonyl (C=O) groups is 2. The maximum absolute atomic E-state index is 12.4. The van der Waals surface area contributed by atoms with Crippen LogP contribution in [0.1, 0.15) is 31.8 Å². The number of hydrogen-bond donors (Lipinski definition) is 1. The van der Waals surface area contributed by atoms with Gasteiger partial charge in [0.05, 0.1) is 36.1 Å². The first-order valence-electron chi connectivity index (χ1n) is 10.9. The SMILES string of the molecule is CCOC(=O)Cc1csc(NC(=O)CSc2nnc(CCCOc3ccc(Cl)cc3Cl)n2CC)n1. The molecule has 3 rings (SSSR count). The molecular weight excluding hydrogens is 533 g/mol. The molecule has 0 radical (unpaired) electrons. The quantitative estimate of drug-likeness (QED) is 0.179. The van der Waals surface area contributed by atoms with Gasteiger partial charge in [-0.1, -0.05) is 35.0 Å². The van der Waals surface area contributed by atoms with Gasteiger partial charge in [0.25, 0.3) is 0 Å². The number of nitrogens with zero attached hydrogens (tertiary/aromatic N) is 4. The van der Waals surface area contributed by atoms with Gasteiger partial charge < -0.3 is 19.4 Å². The highest BCUT2D eigenvalue weighted by atomic mass is 35.5. The van der Waals surface area contributed by atoms with Crippen molar-refractivity contribution >= 4 is 63.3 Å². The molecule has 0 saturated heterocycles. The number of halogens is 2.